The Morgan fingerprint density at radius 1 is 1.53 bits per heavy atom. The zero-order chi connectivity index (χ0) is 11.2. The summed E-state index contributed by atoms with van der Waals surface area (Å²) in [5.41, 5.74) is 6.15. The summed E-state index contributed by atoms with van der Waals surface area (Å²) in [5.74, 6) is 0.124. The summed E-state index contributed by atoms with van der Waals surface area (Å²) in [6, 6.07) is 4.00. The molecule has 0 bridgehead atoms. The predicted octanol–water partition coefficient (Wildman–Crippen LogP) is 1.99. The Morgan fingerprint density at radius 3 is 2.60 bits per heavy atom. The van der Waals surface area contributed by atoms with Gasteiger partial charge in [0.05, 0.1) is 7.11 Å². The molecule has 1 aliphatic carbocycles. The lowest BCUT2D eigenvalue weighted by molar-refractivity contribution is 0.0606. The van der Waals surface area contributed by atoms with E-state index in [1.807, 2.05) is 12.1 Å². The van der Waals surface area contributed by atoms with Crippen LogP contribution < -0.4 is 5.73 Å². The highest BCUT2D eigenvalue weighted by Crippen LogP contribution is 2.58. The van der Waals surface area contributed by atoms with Crippen LogP contribution in [0.3, 0.4) is 0 Å². The van der Waals surface area contributed by atoms with Gasteiger partial charge in [-0.05, 0) is 17.5 Å². The zero-order valence-corrected chi connectivity index (χ0v) is 9.93. The van der Waals surface area contributed by atoms with Gasteiger partial charge in [0.1, 0.15) is 4.88 Å². The van der Waals surface area contributed by atoms with E-state index in [0.717, 1.165) is 0 Å². The van der Waals surface area contributed by atoms with E-state index >= 15 is 0 Å². The minimum absolute atomic E-state index is 0.165. The minimum Gasteiger partial charge on any atom is -0.465 e. The maximum atomic E-state index is 11.3. The smallest absolute Gasteiger partial charge is 0.348 e. The van der Waals surface area contributed by atoms with Crippen molar-refractivity contribution in [2.75, 3.05) is 7.11 Å². The lowest BCUT2D eigenvalue weighted by Gasteiger charge is -1.98. The van der Waals surface area contributed by atoms with Gasteiger partial charge in [-0.1, -0.05) is 13.8 Å². The highest BCUT2D eigenvalue weighted by atomic mass is 32.1. The second kappa shape index (κ2) is 3.32. The normalized spacial score (nSPS) is 27.5. The van der Waals surface area contributed by atoms with Crippen LogP contribution in [-0.2, 0) is 4.74 Å². The summed E-state index contributed by atoms with van der Waals surface area (Å²) in [4.78, 5) is 13.1. The fourth-order valence-corrected chi connectivity index (χ4v) is 3.22. The predicted molar refractivity (Wildman–Crippen MR) is 60.2 cm³/mol. The molecule has 1 aliphatic rings. The van der Waals surface area contributed by atoms with E-state index in [2.05, 4.69) is 18.6 Å². The lowest BCUT2D eigenvalue weighted by Crippen LogP contribution is -2.06. The molecule has 4 heteroatoms. The Bertz CT molecular complexity index is 397. The van der Waals surface area contributed by atoms with Gasteiger partial charge in [-0.2, -0.15) is 0 Å². The van der Waals surface area contributed by atoms with Gasteiger partial charge in [-0.3, -0.25) is 0 Å². The third-order valence-electron chi connectivity index (χ3n) is 3.23. The second-order valence-corrected chi connectivity index (χ2v) is 5.63. The minimum atomic E-state index is -0.265. The highest BCUT2D eigenvalue weighted by Gasteiger charge is 2.56. The lowest BCUT2D eigenvalue weighted by atomic mass is 10.1. The van der Waals surface area contributed by atoms with Crippen molar-refractivity contribution in [1.82, 2.24) is 0 Å². The number of esters is 1. The Morgan fingerprint density at radius 2 is 2.13 bits per heavy atom. The summed E-state index contributed by atoms with van der Waals surface area (Å²) in [6.07, 6.45) is 0. The topological polar surface area (TPSA) is 52.3 Å². The monoisotopic (exact) mass is 225 g/mol. The third kappa shape index (κ3) is 1.58. The molecule has 1 aromatic rings. The fraction of sp³-hybridized carbons (Fsp3) is 0.545. The molecule has 2 N–H and O–H groups in total. The molecule has 2 rings (SSSR count). The summed E-state index contributed by atoms with van der Waals surface area (Å²) >= 11 is 1.49. The van der Waals surface area contributed by atoms with Crippen LogP contribution in [0.4, 0.5) is 0 Å². The molecule has 2 unspecified atom stereocenters. The van der Waals surface area contributed by atoms with Crippen LogP contribution in [0.1, 0.15) is 34.3 Å². The first-order valence-corrected chi connectivity index (χ1v) is 5.73. The summed E-state index contributed by atoms with van der Waals surface area (Å²) < 4.78 is 4.67. The van der Waals surface area contributed by atoms with Gasteiger partial charge in [0.2, 0.25) is 0 Å². The molecule has 15 heavy (non-hydrogen) atoms. The van der Waals surface area contributed by atoms with Gasteiger partial charge in [0.15, 0.2) is 0 Å². The molecule has 0 spiro atoms. The van der Waals surface area contributed by atoms with E-state index in [4.69, 9.17) is 5.73 Å². The van der Waals surface area contributed by atoms with Gasteiger partial charge in [0.25, 0.3) is 0 Å². The van der Waals surface area contributed by atoms with E-state index in [1.54, 1.807) is 0 Å². The Kier molecular flexibility index (Phi) is 2.35. The van der Waals surface area contributed by atoms with Crippen LogP contribution in [-0.4, -0.2) is 19.1 Å². The van der Waals surface area contributed by atoms with Crippen molar-refractivity contribution in [2.24, 2.45) is 11.1 Å². The summed E-state index contributed by atoms with van der Waals surface area (Å²) in [5, 5.41) is 0. The fourth-order valence-electron chi connectivity index (χ4n) is 1.95. The maximum absolute atomic E-state index is 11.3. The van der Waals surface area contributed by atoms with Gasteiger partial charge >= 0.3 is 5.97 Å². The van der Waals surface area contributed by atoms with Crippen molar-refractivity contribution in [1.29, 1.82) is 0 Å². The third-order valence-corrected chi connectivity index (χ3v) is 4.38. The van der Waals surface area contributed by atoms with Crippen LogP contribution in [0.2, 0.25) is 0 Å². The number of nitrogens with two attached hydrogens (primary N) is 1. The van der Waals surface area contributed by atoms with Crippen LogP contribution in [0.5, 0.6) is 0 Å². The van der Waals surface area contributed by atoms with Crippen molar-refractivity contribution in [3.8, 4) is 0 Å². The Labute approximate surface area is 93.2 Å². The van der Waals surface area contributed by atoms with Gasteiger partial charge in [0, 0.05) is 16.8 Å². The standard InChI is InChI=1S/C11H15NO2S/c1-11(2)8(9(11)12)6-4-5-7(15-6)10(13)14-3/h4-5,8-9H,12H2,1-3H3. The van der Waals surface area contributed by atoms with Crippen LogP contribution in [0.15, 0.2) is 12.1 Å². The van der Waals surface area contributed by atoms with Gasteiger partial charge in [-0.25, -0.2) is 4.79 Å². The highest BCUT2D eigenvalue weighted by molar-refractivity contribution is 7.14. The Hall–Kier alpha value is -0.870. The molecule has 0 saturated heterocycles. The first kappa shape index (κ1) is 10.6. The first-order chi connectivity index (χ1) is 6.98. The molecular formula is C11H15NO2S. The average Bonchev–Trinajstić information content (AvgIpc) is 2.58. The van der Waals surface area contributed by atoms with Crippen LogP contribution >= 0.6 is 11.3 Å². The average molecular weight is 225 g/mol. The Balaban J connectivity index is 2.19. The van der Waals surface area contributed by atoms with E-state index in [-0.39, 0.29) is 17.4 Å². The molecule has 2 atom stereocenters. The summed E-state index contributed by atoms with van der Waals surface area (Å²) in [6.45, 7) is 4.31. The SMILES string of the molecule is COC(=O)c1ccc(C2C(N)C2(C)C)s1. The molecule has 1 saturated carbocycles. The van der Waals surface area contributed by atoms with Crippen molar-refractivity contribution < 1.29 is 9.53 Å². The van der Waals surface area contributed by atoms with E-state index in [0.29, 0.717) is 10.8 Å². The van der Waals surface area contributed by atoms with Gasteiger partial charge in [-0.15, -0.1) is 11.3 Å². The van der Waals surface area contributed by atoms with E-state index in [9.17, 15) is 4.79 Å². The molecule has 1 fully saturated rings. The quantitative estimate of drug-likeness (QED) is 0.783. The van der Waals surface area contributed by atoms with E-state index in [1.165, 1.54) is 23.3 Å². The van der Waals surface area contributed by atoms with Crippen LogP contribution in [0, 0.1) is 5.41 Å². The largest absolute Gasteiger partial charge is 0.465 e. The molecule has 82 valence electrons. The molecule has 3 nitrogen and oxygen atoms in total. The number of ether oxygens (including phenoxy) is 1. The number of rotatable bonds is 2. The van der Waals surface area contributed by atoms with Crippen molar-refractivity contribution >= 4 is 17.3 Å². The number of hydrogen-bond donors (Lipinski definition) is 1. The number of carbonyl (C=O) groups excluding carboxylic acids is 1. The molecule has 0 radical (unpaired) electrons. The summed E-state index contributed by atoms with van der Waals surface area (Å²) in [7, 11) is 1.40. The molecule has 1 heterocycles. The molecule has 0 aromatic carbocycles. The van der Waals surface area contributed by atoms with E-state index < -0.39 is 0 Å². The number of carbonyl (C=O) groups is 1. The molecule has 1 aromatic heterocycles. The van der Waals surface area contributed by atoms with Crippen molar-refractivity contribution in [2.45, 2.75) is 25.8 Å². The van der Waals surface area contributed by atoms with Crippen LogP contribution in [0.25, 0.3) is 0 Å². The molecule has 0 aliphatic heterocycles. The van der Waals surface area contributed by atoms with Crippen molar-refractivity contribution in [3.63, 3.8) is 0 Å². The zero-order valence-electron chi connectivity index (χ0n) is 9.11. The van der Waals surface area contributed by atoms with Gasteiger partial charge < -0.3 is 10.5 Å². The van der Waals surface area contributed by atoms with Crippen molar-refractivity contribution in [3.05, 3.63) is 21.9 Å². The first-order valence-electron chi connectivity index (χ1n) is 4.92. The molecule has 0 amide bonds. The number of hydrogen-bond acceptors (Lipinski definition) is 4. The number of thiophene rings is 1. The molecular weight excluding hydrogens is 210 g/mol. The second-order valence-electron chi connectivity index (χ2n) is 4.52. The number of methoxy groups -OCH3 is 1. The maximum Gasteiger partial charge on any atom is 0.348 e.